The van der Waals surface area contributed by atoms with Gasteiger partial charge < -0.3 is 25.2 Å². The fraction of sp³-hybridized carbons (Fsp3) is 0.833. The van der Waals surface area contributed by atoms with Crippen LogP contribution < -0.4 is 0 Å². The second kappa shape index (κ2) is 3.46. The lowest BCUT2D eigenvalue weighted by Crippen LogP contribution is -2.28. The van der Waals surface area contributed by atoms with Gasteiger partial charge in [-0.05, 0) is 0 Å². The second-order valence-electron chi connectivity index (χ2n) is 2.40. The monoisotopic (exact) mass is 163 g/mol. The number of aliphatic hydroxyl groups excluding tert-OH is 4. The smallest absolute Gasteiger partial charge is 0.155 e. The van der Waals surface area contributed by atoms with Gasteiger partial charge in [-0.1, -0.05) is 0 Å². The molecule has 1 fully saturated rings. The summed E-state index contributed by atoms with van der Waals surface area (Å²) in [5.74, 6) is 0. The molecule has 4 N–H and O–H groups in total. The van der Waals surface area contributed by atoms with Crippen LogP contribution in [0.25, 0.3) is 0 Å². The molecule has 0 aliphatic carbocycles. The topological polar surface area (TPSA) is 90.2 Å². The maximum atomic E-state index is 9.08. The number of aliphatic hydroxyl groups is 4. The lowest BCUT2D eigenvalue weighted by molar-refractivity contribution is -0.0361. The van der Waals surface area contributed by atoms with Crippen molar-refractivity contribution in [1.29, 1.82) is 0 Å². The Kier molecular flexibility index (Phi) is 2.80. The molecule has 11 heavy (non-hydrogen) atoms. The SMILES string of the molecule is OCC1O[C@H](CO)[C](O)[C@@H]1O. The van der Waals surface area contributed by atoms with Crippen LogP contribution in [0.3, 0.4) is 0 Å². The number of hydrogen-bond donors (Lipinski definition) is 4. The van der Waals surface area contributed by atoms with Crippen molar-refractivity contribution in [1.82, 2.24) is 0 Å². The van der Waals surface area contributed by atoms with Gasteiger partial charge >= 0.3 is 0 Å². The Hall–Kier alpha value is -0.200. The zero-order valence-corrected chi connectivity index (χ0v) is 5.84. The van der Waals surface area contributed by atoms with Crippen LogP contribution in [-0.2, 0) is 4.74 Å². The van der Waals surface area contributed by atoms with Crippen LogP contribution in [0.15, 0.2) is 0 Å². The van der Waals surface area contributed by atoms with Crippen molar-refractivity contribution < 1.29 is 25.2 Å². The molecule has 1 rings (SSSR count). The molecule has 1 unspecified atom stereocenters. The summed E-state index contributed by atoms with van der Waals surface area (Å²) in [6.45, 7) is -0.763. The Balaban J connectivity index is 2.53. The molecule has 0 spiro atoms. The van der Waals surface area contributed by atoms with Crippen LogP contribution in [0.4, 0.5) is 0 Å². The van der Waals surface area contributed by atoms with Gasteiger partial charge in [-0.25, -0.2) is 0 Å². The van der Waals surface area contributed by atoms with E-state index in [0.29, 0.717) is 0 Å². The highest BCUT2D eigenvalue weighted by molar-refractivity contribution is 5.03. The molecule has 1 aliphatic rings. The molecule has 3 atom stereocenters. The standard InChI is InChI=1S/C6H11O5/c7-1-3-5(9)6(10)4(2-8)11-3/h3-5,7-10H,1-2H2/t3?,4-,5-/m1/s1. The maximum Gasteiger partial charge on any atom is 0.155 e. The minimum absolute atomic E-state index is 0.313. The first kappa shape index (κ1) is 8.89. The molecule has 0 aromatic rings. The van der Waals surface area contributed by atoms with Crippen LogP contribution in [0.2, 0.25) is 0 Å². The van der Waals surface area contributed by atoms with E-state index >= 15 is 0 Å². The number of ether oxygens (including phenoxy) is 1. The molecule has 1 saturated heterocycles. The predicted octanol–water partition coefficient (Wildman–Crippen LogP) is -2.00. The van der Waals surface area contributed by atoms with E-state index in [1.807, 2.05) is 0 Å². The second-order valence-corrected chi connectivity index (χ2v) is 2.40. The Bertz CT molecular complexity index is 110. The van der Waals surface area contributed by atoms with E-state index in [1.54, 1.807) is 0 Å². The maximum absolute atomic E-state index is 9.08. The summed E-state index contributed by atoms with van der Waals surface area (Å²) in [5, 5.41) is 35.3. The summed E-state index contributed by atoms with van der Waals surface area (Å²) in [6, 6.07) is 0. The van der Waals surface area contributed by atoms with Crippen LogP contribution in [0.5, 0.6) is 0 Å². The van der Waals surface area contributed by atoms with E-state index < -0.39 is 18.3 Å². The highest BCUT2D eigenvalue weighted by atomic mass is 16.6. The van der Waals surface area contributed by atoms with Gasteiger partial charge in [0.05, 0.1) is 13.2 Å². The zero-order valence-electron chi connectivity index (χ0n) is 5.84. The van der Waals surface area contributed by atoms with Gasteiger partial charge in [0, 0.05) is 0 Å². The van der Waals surface area contributed by atoms with Crippen molar-refractivity contribution >= 4 is 0 Å². The summed E-state index contributed by atoms with van der Waals surface area (Å²) >= 11 is 0. The van der Waals surface area contributed by atoms with Gasteiger partial charge in [0.1, 0.15) is 18.3 Å². The van der Waals surface area contributed by atoms with Gasteiger partial charge in [0.25, 0.3) is 0 Å². The van der Waals surface area contributed by atoms with E-state index in [2.05, 4.69) is 0 Å². The van der Waals surface area contributed by atoms with E-state index in [1.165, 1.54) is 0 Å². The third-order valence-corrected chi connectivity index (χ3v) is 1.67. The van der Waals surface area contributed by atoms with E-state index in [9.17, 15) is 0 Å². The Morgan fingerprint density at radius 1 is 1.27 bits per heavy atom. The molecule has 0 bridgehead atoms. The van der Waals surface area contributed by atoms with Crippen molar-refractivity contribution in [2.24, 2.45) is 0 Å². The average molecular weight is 163 g/mol. The van der Waals surface area contributed by atoms with E-state index in [-0.39, 0.29) is 19.3 Å². The van der Waals surface area contributed by atoms with Gasteiger partial charge in [-0.2, -0.15) is 0 Å². The molecule has 1 heterocycles. The van der Waals surface area contributed by atoms with Gasteiger partial charge in [0.15, 0.2) is 6.10 Å². The molecule has 1 aliphatic heterocycles. The highest BCUT2D eigenvalue weighted by Crippen LogP contribution is 2.25. The fourth-order valence-electron chi connectivity index (χ4n) is 1.02. The summed E-state index contributed by atoms with van der Waals surface area (Å²) in [5.41, 5.74) is 0. The van der Waals surface area contributed by atoms with Gasteiger partial charge in [0.2, 0.25) is 0 Å². The largest absolute Gasteiger partial charge is 0.394 e. The average Bonchev–Trinajstić information content (AvgIpc) is 2.30. The third-order valence-electron chi connectivity index (χ3n) is 1.67. The van der Waals surface area contributed by atoms with Crippen LogP contribution >= 0.6 is 0 Å². The molecule has 0 amide bonds. The first-order valence-corrected chi connectivity index (χ1v) is 3.31. The normalized spacial score (nSPS) is 39.8. The van der Waals surface area contributed by atoms with Crippen LogP contribution in [0.1, 0.15) is 0 Å². The molecule has 0 saturated carbocycles. The Labute approximate surface area is 63.8 Å². The molecular formula is C6H11O5. The predicted molar refractivity (Wildman–Crippen MR) is 34.0 cm³/mol. The molecule has 5 nitrogen and oxygen atoms in total. The van der Waals surface area contributed by atoms with Crippen LogP contribution in [-0.4, -0.2) is 52.0 Å². The van der Waals surface area contributed by atoms with E-state index in [0.717, 1.165) is 0 Å². The molecule has 0 aromatic heterocycles. The Morgan fingerprint density at radius 3 is 2.18 bits per heavy atom. The van der Waals surface area contributed by atoms with Gasteiger partial charge in [-0.15, -0.1) is 0 Å². The van der Waals surface area contributed by atoms with E-state index in [4.69, 9.17) is 25.2 Å². The lowest BCUT2D eigenvalue weighted by atomic mass is 10.1. The zero-order chi connectivity index (χ0) is 8.43. The molecule has 1 radical (unpaired) electrons. The first-order chi connectivity index (χ1) is 5.20. The fourth-order valence-corrected chi connectivity index (χ4v) is 1.02. The van der Waals surface area contributed by atoms with Crippen LogP contribution in [0, 0.1) is 6.10 Å². The lowest BCUT2D eigenvalue weighted by Gasteiger charge is -2.09. The summed E-state index contributed by atoms with van der Waals surface area (Å²) in [7, 11) is 0. The van der Waals surface area contributed by atoms with Crippen molar-refractivity contribution in [2.75, 3.05) is 13.2 Å². The number of rotatable bonds is 2. The van der Waals surface area contributed by atoms with Crippen molar-refractivity contribution in [2.45, 2.75) is 18.3 Å². The molecule has 0 aromatic carbocycles. The summed E-state index contributed by atoms with van der Waals surface area (Å²) in [6.07, 6.45) is -3.17. The molecule has 5 heteroatoms. The van der Waals surface area contributed by atoms with Crippen molar-refractivity contribution in [3.63, 3.8) is 0 Å². The van der Waals surface area contributed by atoms with Crippen molar-refractivity contribution in [3.05, 3.63) is 6.10 Å². The first-order valence-electron chi connectivity index (χ1n) is 3.31. The van der Waals surface area contributed by atoms with Crippen molar-refractivity contribution in [3.8, 4) is 0 Å². The molecule has 65 valence electrons. The molecular weight excluding hydrogens is 152 g/mol. The van der Waals surface area contributed by atoms with Gasteiger partial charge in [-0.3, -0.25) is 0 Å². The Morgan fingerprint density at radius 2 is 1.91 bits per heavy atom. The number of hydrogen-bond acceptors (Lipinski definition) is 5. The minimum atomic E-state index is -1.18. The minimum Gasteiger partial charge on any atom is -0.394 e. The quantitative estimate of drug-likeness (QED) is 0.378. The highest BCUT2D eigenvalue weighted by Gasteiger charge is 2.42. The third kappa shape index (κ3) is 1.52. The summed E-state index contributed by atoms with van der Waals surface area (Å²) in [4.78, 5) is 0. The summed E-state index contributed by atoms with van der Waals surface area (Å²) < 4.78 is 4.85.